The number of ether oxygens (including phenoxy) is 4. The largest absolute Gasteiger partial charge is 0.472 e. The molecular weight excluding hydrogens is 1370 g/mol. The van der Waals surface area contributed by atoms with Crippen LogP contribution in [0.5, 0.6) is 0 Å². The topological polar surface area (TPSA) is 237 Å². The average Bonchev–Trinajstić information content (AvgIpc) is 0.915. The van der Waals surface area contributed by atoms with Gasteiger partial charge >= 0.3 is 39.5 Å². The molecule has 0 saturated carbocycles. The molecule has 3 unspecified atom stereocenters. The number of carbonyl (C=O) groups excluding carboxylic acids is 4. The van der Waals surface area contributed by atoms with Crippen molar-refractivity contribution >= 4 is 39.5 Å². The van der Waals surface area contributed by atoms with E-state index in [1.54, 1.807) is 0 Å². The zero-order chi connectivity index (χ0) is 77.1. The Morgan fingerprint density at radius 2 is 0.562 bits per heavy atom. The van der Waals surface area contributed by atoms with Gasteiger partial charge in [-0.25, -0.2) is 9.13 Å². The molecule has 0 aliphatic rings. The van der Waals surface area contributed by atoms with Crippen molar-refractivity contribution in [2.75, 3.05) is 39.6 Å². The van der Waals surface area contributed by atoms with E-state index in [0.29, 0.717) is 25.7 Å². The predicted molar refractivity (Wildman–Crippen MR) is 432 cm³/mol. The van der Waals surface area contributed by atoms with Crippen LogP contribution in [0.25, 0.3) is 0 Å². The van der Waals surface area contributed by atoms with Crippen LogP contribution in [0, 0.1) is 11.8 Å². The van der Waals surface area contributed by atoms with Gasteiger partial charge < -0.3 is 33.8 Å². The predicted octanol–water partition coefficient (Wildman–Crippen LogP) is 25.8. The van der Waals surface area contributed by atoms with Gasteiger partial charge in [0.15, 0.2) is 12.2 Å². The lowest BCUT2D eigenvalue weighted by atomic mass is 9.99. The van der Waals surface area contributed by atoms with Crippen molar-refractivity contribution in [3.8, 4) is 0 Å². The van der Waals surface area contributed by atoms with Crippen LogP contribution >= 0.6 is 15.6 Å². The van der Waals surface area contributed by atoms with Gasteiger partial charge in [0.05, 0.1) is 26.4 Å². The molecule has 0 bridgehead atoms. The summed E-state index contributed by atoms with van der Waals surface area (Å²) in [5, 5.41) is 10.7. The number of rotatable bonds is 83. The monoisotopic (exact) mass is 1530 g/mol. The summed E-state index contributed by atoms with van der Waals surface area (Å²) in [5.74, 6) is -0.543. The summed E-state index contributed by atoms with van der Waals surface area (Å²) in [4.78, 5) is 73.2. The maximum absolute atomic E-state index is 13.1. The Hall–Kier alpha value is -2.46. The lowest BCUT2D eigenvalue weighted by Crippen LogP contribution is -2.30. The van der Waals surface area contributed by atoms with Crippen LogP contribution in [0.15, 0.2) is 24.3 Å². The maximum Gasteiger partial charge on any atom is 0.472 e. The van der Waals surface area contributed by atoms with Gasteiger partial charge in [-0.3, -0.25) is 37.3 Å². The Labute approximate surface area is 643 Å². The zero-order valence-electron chi connectivity index (χ0n) is 68.5. The summed E-state index contributed by atoms with van der Waals surface area (Å²) in [6, 6.07) is 0. The molecule has 0 fully saturated rings. The number of esters is 4. The first-order chi connectivity index (χ1) is 50.9. The lowest BCUT2D eigenvalue weighted by molar-refractivity contribution is -0.161. The van der Waals surface area contributed by atoms with E-state index in [0.717, 1.165) is 115 Å². The second-order valence-corrected chi connectivity index (χ2v) is 33.9. The van der Waals surface area contributed by atoms with E-state index in [-0.39, 0.29) is 25.7 Å². The third-order valence-corrected chi connectivity index (χ3v) is 21.8. The number of carbonyl (C=O) groups is 4. The van der Waals surface area contributed by atoms with Crippen LogP contribution < -0.4 is 0 Å². The fourth-order valence-corrected chi connectivity index (χ4v) is 14.4. The van der Waals surface area contributed by atoms with Crippen molar-refractivity contribution in [3.63, 3.8) is 0 Å². The molecule has 0 rings (SSSR count). The Balaban J connectivity index is 5.29. The smallest absolute Gasteiger partial charge is 0.462 e. The molecule has 0 radical (unpaired) electrons. The van der Waals surface area contributed by atoms with Crippen LogP contribution in [-0.4, -0.2) is 96.7 Å². The van der Waals surface area contributed by atoms with Crippen LogP contribution in [0.1, 0.15) is 433 Å². The lowest BCUT2D eigenvalue weighted by Gasteiger charge is -2.21. The number of unbranched alkanes of at least 4 members (excludes halogenated alkanes) is 49. The van der Waals surface area contributed by atoms with Gasteiger partial charge in [0.25, 0.3) is 0 Å². The van der Waals surface area contributed by atoms with E-state index in [1.165, 1.54) is 238 Å². The van der Waals surface area contributed by atoms with Crippen molar-refractivity contribution < 1.29 is 80.2 Å². The number of phosphoric ester groups is 2. The highest BCUT2D eigenvalue weighted by atomic mass is 31.2. The van der Waals surface area contributed by atoms with Gasteiger partial charge in [-0.15, -0.1) is 0 Å². The normalized spacial score (nSPS) is 14.2. The highest BCUT2D eigenvalue weighted by Crippen LogP contribution is 2.45. The van der Waals surface area contributed by atoms with Crippen molar-refractivity contribution in [3.05, 3.63) is 24.3 Å². The van der Waals surface area contributed by atoms with Crippen molar-refractivity contribution in [1.82, 2.24) is 0 Å². The summed E-state index contributed by atoms with van der Waals surface area (Å²) in [6.45, 7) is 9.63. The molecule has 0 amide bonds. The van der Waals surface area contributed by atoms with Gasteiger partial charge in [-0.05, 0) is 63.2 Å². The highest BCUT2D eigenvalue weighted by Gasteiger charge is 2.30. The molecular formula is C86H164O17P2. The third-order valence-electron chi connectivity index (χ3n) is 19.9. The summed E-state index contributed by atoms with van der Waals surface area (Å²) >= 11 is 0. The molecule has 0 aromatic carbocycles. The Morgan fingerprint density at radius 1 is 0.314 bits per heavy atom. The molecule has 0 aliphatic heterocycles. The van der Waals surface area contributed by atoms with Gasteiger partial charge in [-0.1, -0.05) is 380 Å². The maximum atomic E-state index is 13.1. The standard InChI is InChI=1S/C86H164O17P2/c1-7-10-12-14-16-18-20-22-24-25-26-27-28-30-36-40-46-53-59-65-71-86(91)102-81(74-96-83(88)68-62-56-50-44-38-34-32-31-33-37-43-49-55-61-67-79(6)9-3)76-100-104(92,93)98-72-80(87)73-99-105(94,95)101-77-82(75-97-84(89)69-63-57-51-47-41-42-48-54-60-66-78(4)5)103-85(90)70-64-58-52-45-39-35-29-23-21-19-17-15-13-11-8-2/h19,21,23,29,78-82,87H,7-18,20,22,24-28,30-77H2,1-6H3,(H,92,93)(H,94,95)/b21-19-,29-23-/t79?,80-,81-,82-/m1/s1. The minimum absolute atomic E-state index is 0.0849. The number of aliphatic hydroxyl groups is 1. The second-order valence-electron chi connectivity index (χ2n) is 31.0. The molecule has 3 N–H and O–H groups in total. The first-order valence-electron chi connectivity index (χ1n) is 43.8. The van der Waals surface area contributed by atoms with Crippen molar-refractivity contribution in [2.24, 2.45) is 11.8 Å². The Bertz CT molecular complexity index is 2110. The molecule has 0 heterocycles. The molecule has 105 heavy (non-hydrogen) atoms. The molecule has 620 valence electrons. The third kappa shape index (κ3) is 78.0. The zero-order valence-corrected chi connectivity index (χ0v) is 70.3. The Morgan fingerprint density at radius 3 is 0.857 bits per heavy atom. The number of hydrogen-bond acceptors (Lipinski definition) is 15. The van der Waals surface area contributed by atoms with Gasteiger partial charge in [0.2, 0.25) is 0 Å². The minimum Gasteiger partial charge on any atom is -0.462 e. The molecule has 0 aliphatic carbocycles. The van der Waals surface area contributed by atoms with E-state index in [4.69, 9.17) is 37.0 Å². The summed E-state index contributed by atoms with van der Waals surface area (Å²) in [6.07, 6.45) is 71.6. The highest BCUT2D eigenvalue weighted by molar-refractivity contribution is 7.47. The van der Waals surface area contributed by atoms with E-state index in [1.807, 2.05) is 0 Å². The van der Waals surface area contributed by atoms with Gasteiger partial charge in [0.1, 0.15) is 19.3 Å². The van der Waals surface area contributed by atoms with E-state index in [2.05, 4.69) is 65.8 Å². The Kier molecular flexibility index (Phi) is 75.1. The van der Waals surface area contributed by atoms with Crippen LogP contribution in [0.3, 0.4) is 0 Å². The molecule has 0 spiro atoms. The van der Waals surface area contributed by atoms with E-state index >= 15 is 0 Å². The summed E-state index contributed by atoms with van der Waals surface area (Å²) < 4.78 is 68.9. The SMILES string of the molecule is CCCCCC/C=C\C=C/CCCCCCCC(=O)O[C@H](COC(=O)CCCCCCCCCCCC(C)C)COP(=O)(O)OC[C@H](O)COP(=O)(O)OC[C@@H](COC(=O)CCCCCCCCCCCCCCCCC(C)CC)OC(=O)CCCCCCCCCCCCCCCCCCCCCC. The van der Waals surface area contributed by atoms with Gasteiger partial charge in [0, 0.05) is 25.7 Å². The molecule has 19 heteroatoms. The van der Waals surface area contributed by atoms with E-state index < -0.39 is 97.5 Å². The molecule has 0 aromatic rings. The molecule has 17 nitrogen and oxygen atoms in total. The van der Waals surface area contributed by atoms with Crippen LogP contribution in [-0.2, 0) is 65.4 Å². The average molecular weight is 1530 g/mol. The summed E-state index contributed by atoms with van der Waals surface area (Å²) in [5.41, 5.74) is 0. The quantitative estimate of drug-likeness (QED) is 0.0169. The molecule has 6 atom stereocenters. The van der Waals surface area contributed by atoms with Gasteiger partial charge in [-0.2, -0.15) is 0 Å². The first-order valence-corrected chi connectivity index (χ1v) is 46.8. The summed E-state index contributed by atoms with van der Waals surface area (Å²) in [7, 11) is -9.94. The molecule has 0 saturated heterocycles. The molecule has 0 aromatic heterocycles. The van der Waals surface area contributed by atoms with E-state index in [9.17, 15) is 43.2 Å². The second kappa shape index (κ2) is 76.9. The number of phosphoric acid groups is 2. The first kappa shape index (κ1) is 103. The fraction of sp³-hybridized carbons (Fsp3) is 0.907. The number of hydrogen-bond donors (Lipinski definition) is 3. The van der Waals surface area contributed by atoms with Crippen LogP contribution in [0.2, 0.25) is 0 Å². The number of aliphatic hydroxyl groups excluding tert-OH is 1. The number of allylic oxidation sites excluding steroid dienone is 4. The van der Waals surface area contributed by atoms with Crippen molar-refractivity contribution in [1.29, 1.82) is 0 Å². The fourth-order valence-electron chi connectivity index (χ4n) is 12.8. The van der Waals surface area contributed by atoms with Crippen LogP contribution in [0.4, 0.5) is 0 Å². The van der Waals surface area contributed by atoms with Crippen molar-refractivity contribution in [2.45, 2.75) is 452 Å². The minimum atomic E-state index is -4.97.